The van der Waals surface area contributed by atoms with Gasteiger partial charge in [-0.2, -0.15) is 0 Å². The van der Waals surface area contributed by atoms with Gasteiger partial charge in [0.2, 0.25) is 0 Å². The summed E-state index contributed by atoms with van der Waals surface area (Å²) in [6, 6.07) is 102. The van der Waals surface area contributed by atoms with Crippen molar-refractivity contribution < 1.29 is 0 Å². The number of fused-ring (bicyclic) bond motifs is 7. The van der Waals surface area contributed by atoms with Gasteiger partial charge < -0.3 is 0 Å². The lowest BCUT2D eigenvalue weighted by atomic mass is 9.67. The first-order valence-electron chi connectivity index (χ1n) is 24.9. The summed E-state index contributed by atoms with van der Waals surface area (Å²) in [5.41, 5.74) is 23.8. The summed E-state index contributed by atoms with van der Waals surface area (Å²) in [4.78, 5) is 11.6. The normalized spacial score (nSPS) is 13.5. The molecule has 0 fully saturated rings. The lowest BCUT2D eigenvalue weighted by Gasteiger charge is -2.34. The third kappa shape index (κ3) is 6.16. The molecule has 2 heteroatoms. The molecule has 14 rings (SSSR count). The van der Waals surface area contributed by atoms with Gasteiger partial charge in [0.05, 0.1) is 33.3 Å². The van der Waals surface area contributed by atoms with Crippen molar-refractivity contribution in [3.8, 4) is 67.0 Å². The van der Waals surface area contributed by atoms with Gasteiger partial charge in [-0.3, -0.25) is 0 Å². The minimum absolute atomic E-state index is 0.492. The highest BCUT2D eigenvalue weighted by atomic mass is 14.8. The summed E-state index contributed by atoms with van der Waals surface area (Å²) >= 11 is 0. The Balaban J connectivity index is 1.03. The highest BCUT2D eigenvalue weighted by Crippen LogP contribution is 2.59. The molecule has 0 radical (unpaired) electrons. The Bertz CT molecular complexity index is 3660. The van der Waals surface area contributed by atoms with Crippen LogP contribution >= 0.6 is 0 Å². The van der Waals surface area contributed by atoms with Crippen molar-refractivity contribution in [3.05, 3.63) is 324 Å². The Morgan fingerprint density at radius 2 is 0.500 bits per heavy atom. The fraction of sp³-hybridized carbons (Fsp3) is 0.0286. The predicted molar refractivity (Wildman–Crippen MR) is 296 cm³/mol. The summed E-state index contributed by atoms with van der Waals surface area (Å²) in [5.74, 6) is 0. The van der Waals surface area contributed by atoms with Crippen molar-refractivity contribution in [1.29, 1.82) is 0 Å². The number of hydrogen-bond acceptors (Lipinski definition) is 2. The van der Waals surface area contributed by atoms with E-state index < -0.39 is 10.8 Å². The standard InChI is InChI=1S/C70H46N2/c1-7-23-47(24-8-1)65-66(48-25-9-2-10-26-48)72-68-56(50-40-44-64-60(46-50)58-36-20-22-38-62(58)70(64,53-31-15-5-16-32-53)54-33-17-6-18-34-54)42-41-55(67(68)71-65)49-39-43-63-59(45-49)57-35-19-21-37-61(57)69(63,51-27-11-3-12-28-51)52-29-13-4-14-30-52/h1-46H. The molecule has 0 saturated carbocycles. The zero-order valence-electron chi connectivity index (χ0n) is 39.5. The first-order chi connectivity index (χ1) is 35.7. The molecular formula is C70H46N2. The Morgan fingerprint density at radius 3 is 0.847 bits per heavy atom. The van der Waals surface area contributed by atoms with Crippen LogP contribution in [0.2, 0.25) is 0 Å². The van der Waals surface area contributed by atoms with Crippen LogP contribution in [-0.2, 0) is 10.8 Å². The van der Waals surface area contributed by atoms with Crippen LogP contribution in [0.1, 0.15) is 44.5 Å². The minimum Gasteiger partial charge on any atom is -0.243 e. The van der Waals surface area contributed by atoms with E-state index in [0.717, 1.165) is 55.8 Å². The Hall–Kier alpha value is -9.24. The molecule has 1 aromatic heterocycles. The Kier molecular flexibility index (Phi) is 9.69. The van der Waals surface area contributed by atoms with E-state index in [-0.39, 0.29) is 0 Å². The zero-order valence-corrected chi connectivity index (χ0v) is 39.5. The van der Waals surface area contributed by atoms with Gasteiger partial charge in [0.1, 0.15) is 0 Å². The molecule has 336 valence electrons. The summed E-state index contributed by atoms with van der Waals surface area (Å²) in [6.07, 6.45) is 0. The third-order valence-electron chi connectivity index (χ3n) is 15.5. The Morgan fingerprint density at radius 1 is 0.208 bits per heavy atom. The molecule has 0 atom stereocenters. The van der Waals surface area contributed by atoms with Crippen LogP contribution in [0, 0.1) is 0 Å². The predicted octanol–water partition coefficient (Wildman–Crippen LogP) is 17.0. The molecule has 2 aliphatic rings. The average Bonchev–Trinajstić information content (AvgIpc) is 3.94. The molecule has 0 amide bonds. The van der Waals surface area contributed by atoms with Crippen molar-refractivity contribution in [3.63, 3.8) is 0 Å². The van der Waals surface area contributed by atoms with Crippen LogP contribution in [0.5, 0.6) is 0 Å². The zero-order chi connectivity index (χ0) is 47.6. The smallest absolute Gasteiger partial charge is 0.0979 e. The van der Waals surface area contributed by atoms with Crippen molar-refractivity contribution >= 4 is 11.0 Å². The van der Waals surface area contributed by atoms with E-state index >= 15 is 0 Å². The van der Waals surface area contributed by atoms with Gasteiger partial charge in [-0.1, -0.05) is 267 Å². The molecule has 0 bridgehead atoms. The first-order valence-corrected chi connectivity index (χ1v) is 24.9. The summed E-state index contributed by atoms with van der Waals surface area (Å²) in [6.45, 7) is 0. The molecule has 11 aromatic carbocycles. The first kappa shape index (κ1) is 41.7. The molecule has 0 saturated heterocycles. The molecule has 2 aliphatic carbocycles. The van der Waals surface area contributed by atoms with E-state index in [1.54, 1.807) is 0 Å². The van der Waals surface area contributed by atoms with E-state index in [1.165, 1.54) is 66.8 Å². The maximum atomic E-state index is 5.79. The number of rotatable bonds is 8. The fourth-order valence-corrected chi connectivity index (χ4v) is 12.4. The quantitative estimate of drug-likeness (QED) is 0.152. The van der Waals surface area contributed by atoms with Crippen LogP contribution < -0.4 is 0 Å². The third-order valence-corrected chi connectivity index (χ3v) is 15.5. The van der Waals surface area contributed by atoms with Crippen LogP contribution in [0.4, 0.5) is 0 Å². The molecule has 12 aromatic rings. The highest BCUT2D eigenvalue weighted by Gasteiger charge is 2.47. The minimum atomic E-state index is -0.492. The monoisotopic (exact) mass is 914 g/mol. The van der Waals surface area contributed by atoms with Gasteiger partial charge >= 0.3 is 0 Å². The molecule has 1 heterocycles. The molecule has 72 heavy (non-hydrogen) atoms. The second-order valence-electron chi connectivity index (χ2n) is 19.1. The Labute approximate surface area is 420 Å². The van der Waals surface area contributed by atoms with Gasteiger partial charge in [0, 0.05) is 22.3 Å². The maximum absolute atomic E-state index is 5.79. The molecule has 2 nitrogen and oxygen atoms in total. The van der Waals surface area contributed by atoms with E-state index in [4.69, 9.17) is 9.97 Å². The largest absolute Gasteiger partial charge is 0.243 e. The van der Waals surface area contributed by atoms with Gasteiger partial charge in [-0.05, 0) is 90.0 Å². The summed E-state index contributed by atoms with van der Waals surface area (Å²) in [7, 11) is 0. The topological polar surface area (TPSA) is 25.8 Å². The number of benzene rings is 11. The van der Waals surface area contributed by atoms with E-state index in [0.29, 0.717) is 0 Å². The number of hydrogen-bond donors (Lipinski definition) is 0. The lowest BCUT2D eigenvalue weighted by Crippen LogP contribution is -2.28. The average molecular weight is 915 g/mol. The SMILES string of the molecule is c1ccc(-c2nc3c(-c4ccc5c(c4)-c4ccccc4C5(c4ccccc4)c4ccccc4)ccc(-c4ccc5c(c4)-c4ccccc4C5(c4ccccc4)c4ccccc4)c3nc2-c2ccccc2)cc1. The number of aromatic nitrogens is 2. The second kappa shape index (κ2) is 16.7. The van der Waals surface area contributed by atoms with Gasteiger partial charge in [-0.15, -0.1) is 0 Å². The van der Waals surface area contributed by atoms with Crippen LogP contribution in [0.25, 0.3) is 78.1 Å². The number of nitrogens with zero attached hydrogens (tertiary/aromatic N) is 2. The van der Waals surface area contributed by atoms with Crippen molar-refractivity contribution in [2.45, 2.75) is 10.8 Å². The van der Waals surface area contributed by atoms with Gasteiger partial charge in [-0.25, -0.2) is 9.97 Å². The maximum Gasteiger partial charge on any atom is 0.0979 e. The summed E-state index contributed by atoms with van der Waals surface area (Å²) in [5, 5.41) is 0. The van der Waals surface area contributed by atoms with Gasteiger partial charge in [0.25, 0.3) is 0 Å². The van der Waals surface area contributed by atoms with Crippen LogP contribution in [0.3, 0.4) is 0 Å². The van der Waals surface area contributed by atoms with Crippen molar-refractivity contribution in [2.75, 3.05) is 0 Å². The van der Waals surface area contributed by atoms with Crippen molar-refractivity contribution in [1.82, 2.24) is 9.97 Å². The van der Waals surface area contributed by atoms with Gasteiger partial charge in [0.15, 0.2) is 0 Å². The summed E-state index contributed by atoms with van der Waals surface area (Å²) < 4.78 is 0. The van der Waals surface area contributed by atoms with Crippen molar-refractivity contribution in [2.24, 2.45) is 0 Å². The fourth-order valence-electron chi connectivity index (χ4n) is 12.4. The molecule has 0 spiro atoms. The van der Waals surface area contributed by atoms with Crippen LogP contribution in [-0.4, -0.2) is 9.97 Å². The molecule has 0 unspecified atom stereocenters. The molecular weight excluding hydrogens is 869 g/mol. The molecule has 0 N–H and O–H groups in total. The van der Waals surface area contributed by atoms with Crippen LogP contribution in [0.15, 0.2) is 279 Å². The second-order valence-corrected chi connectivity index (χ2v) is 19.1. The van der Waals surface area contributed by atoms with E-state index in [1.807, 2.05) is 0 Å². The van der Waals surface area contributed by atoms with E-state index in [9.17, 15) is 0 Å². The highest BCUT2D eigenvalue weighted by molar-refractivity contribution is 6.05. The molecule has 0 aliphatic heterocycles. The lowest BCUT2D eigenvalue weighted by molar-refractivity contribution is 0.768. The van der Waals surface area contributed by atoms with E-state index in [2.05, 4.69) is 279 Å².